The van der Waals surface area contributed by atoms with Gasteiger partial charge in [0.05, 0.1) is 29.5 Å². The standard InChI is InChI=1S/C21H19N3O.2ClH/c1-13-6-5-8-16-20(13)23-17-9-4-3-7-15(17)21(16)24-18-11-10-14(22)12-19(18)25-2;;/h3-12H,22H2,1-2H3,(H,23,24);2*1H. The van der Waals surface area contributed by atoms with Gasteiger partial charge in [-0.25, -0.2) is 4.98 Å². The van der Waals surface area contributed by atoms with Gasteiger partial charge in [0.25, 0.3) is 0 Å². The van der Waals surface area contributed by atoms with Crippen molar-refractivity contribution in [2.75, 3.05) is 18.2 Å². The molecule has 0 unspecified atom stereocenters. The molecule has 0 amide bonds. The van der Waals surface area contributed by atoms with Gasteiger partial charge < -0.3 is 15.8 Å². The van der Waals surface area contributed by atoms with E-state index in [0.717, 1.165) is 38.7 Å². The van der Waals surface area contributed by atoms with Crippen molar-refractivity contribution in [1.82, 2.24) is 4.98 Å². The number of halogens is 2. The first-order valence-corrected chi connectivity index (χ1v) is 8.16. The van der Waals surface area contributed by atoms with Gasteiger partial charge in [-0.2, -0.15) is 0 Å². The summed E-state index contributed by atoms with van der Waals surface area (Å²) in [6.45, 7) is 2.08. The average Bonchev–Trinajstić information content (AvgIpc) is 2.63. The first-order valence-electron chi connectivity index (χ1n) is 8.16. The average molecular weight is 402 g/mol. The van der Waals surface area contributed by atoms with E-state index < -0.39 is 0 Å². The molecule has 4 rings (SSSR count). The quantitative estimate of drug-likeness (QED) is 0.332. The van der Waals surface area contributed by atoms with Crippen molar-refractivity contribution in [3.63, 3.8) is 0 Å². The van der Waals surface area contributed by atoms with Crippen molar-refractivity contribution < 1.29 is 4.74 Å². The topological polar surface area (TPSA) is 60.2 Å². The number of nitrogens with zero attached hydrogens (tertiary/aromatic N) is 1. The molecular weight excluding hydrogens is 381 g/mol. The fourth-order valence-corrected chi connectivity index (χ4v) is 3.14. The summed E-state index contributed by atoms with van der Waals surface area (Å²) in [6, 6.07) is 20.0. The largest absolute Gasteiger partial charge is 0.494 e. The molecule has 6 heteroatoms. The molecule has 4 aromatic rings. The molecule has 0 fully saturated rings. The molecule has 0 spiro atoms. The summed E-state index contributed by atoms with van der Waals surface area (Å²) in [7, 11) is 1.65. The van der Waals surface area contributed by atoms with Crippen molar-refractivity contribution >= 4 is 63.7 Å². The van der Waals surface area contributed by atoms with Crippen LogP contribution in [0.2, 0.25) is 0 Å². The summed E-state index contributed by atoms with van der Waals surface area (Å²) in [6.07, 6.45) is 0. The van der Waals surface area contributed by atoms with Crippen LogP contribution in [0.1, 0.15) is 5.56 Å². The summed E-state index contributed by atoms with van der Waals surface area (Å²) >= 11 is 0. The Kier molecular flexibility index (Phi) is 6.37. The van der Waals surface area contributed by atoms with E-state index in [2.05, 4.69) is 36.5 Å². The third kappa shape index (κ3) is 3.72. The Morgan fingerprint density at radius 1 is 0.926 bits per heavy atom. The maximum atomic E-state index is 5.88. The molecule has 1 aromatic heterocycles. The van der Waals surface area contributed by atoms with Crippen LogP contribution in [0.5, 0.6) is 5.75 Å². The predicted molar refractivity (Wildman–Crippen MR) is 119 cm³/mol. The monoisotopic (exact) mass is 401 g/mol. The highest BCUT2D eigenvalue weighted by Gasteiger charge is 2.12. The Morgan fingerprint density at radius 3 is 2.44 bits per heavy atom. The van der Waals surface area contributed by atoms with Crippen molar-refractivity contribution in [3.8, 4) is 5.75 Å². The van der Waals surface area contributed by atoms with Crippen LogP contribution < -0.4 is 15.8 Å². The van der Waals surface area contributed by atoms with Crippen molar-refractivity contribution in [2.24, 2.45) is 0 Å². The molecule has 3 aromatic carbocycles. The van der Waals surface area contributed by atoms with Crippen LogP contribution in [0.15, 0.2) is 60.7 Å². The van der Waals surface area contributed by atoms with E-state index in [1.807, 2.05) is 36.4 Å². The van der Waals surface area contributed by atoms with Crippen LogP contribution in [0.3, 0.4) is 0 Å². The van der Waals surface area contributed by atoms with Gasteiger partial charge in [-0.3, -0.25) is 0 Å². The minimum atomic E-state index is 0. The molecule has 0 bridgehead atoms. The highest BCUT2D eigenvalue weighted by atomic mass is 35.5. The Bertz CT molecular complexity index is 1100. The second-order valence-corrected chi connectivity index (χ2v) is 6.06. The number of ether oxygens (including phenoxy) is 1. The lowest BCUT2D eigenvalue weighted by Crippen LogP contribution is -1.99. The maximum absolute atomic E-state index is 5.88. The molecule has 140 valence electrons. The van der Waals surface area contributed by atoms with E-state index in [-0.39, 0.29) is 24.8 Å². The number of nitrogens with two attached hydrogens (primary N) is 1. The summed E-state index contributed by atoms with van der Waals surface area (Å²) in [5, 5.41) is 5.69. The minimum Gasteiger partial charge on any atom is -0.494 e. The lowest BCUT2D eigenvalue weighted by atomic mass is 10.0. The number of pyridine rings is 1. The van der Waals surface area contributed by atoms with Crippen LogP contribution in [0.25, 0.3) is 21.8 Å². The van der Waals surface area contributed by atoms with Gasteiger partial charge >= 0.3 is 0 Å². The van der Waals surface area contributed by atoms with E-state index in [0.29, 0.717) is 11.4 Å². The Hall–Kier alpha value is -2.69. The normalized spacial score (nSPS) is 10.1. The number of fused-ring (bicyclic) bond motifs is 2. The van der Waals surface area contributed by atoms with Crippen LogP contribution >= 0.6 is 24.8 Å². The highest BCUT2D eigenvalue weighted by Crippen LogP contribution is 2.37. The Balaban J connectivity index is 0.00000131. The third-order valence-corrected chi connectivity index (χ3v) is 4.40. The number of para-hydroxylation sites is 2. The van der Waals surface area contributed by atoms with Gasteiger partial charge in [0, 0.05) is 22.5 Å². The Morgan fingerprint density at radius 2 is 1.67 bits per heavy atom. The van der Waals surface area contributed by atoms with E-state index in [1.54, 1.807) is 7.11 Å². The van der Waals surface area contributed by atoms with Crippen LogP contribution in [0, 0.1) is 6.92 Å². The highest BCUT2D eigenvalue weighted by molar-refractivity contribution is 6.09. The number of methoxy groups -OCH3 is 1. The molecule has 0 aliphatic carbocycles. The number of rotatable bonds is 3. The first-order chi connectivity index (χ1) is 12.2. The smallest absolute Gasteiger partial charge is 0.144 e. The fourth-order valence-electron chi connectivity index (χ4n) is 3.14. The van der Waals surface area contributed by atoms with Crippen LogP contribution in [-0.2, 0) is 0 Å². The number of hydrogen-bond acceptors (Lipinski definition) is 4. The number of aromatic nitrogens is 1. The van der Waals surface area contributed by atoms with Gasteiger partial charge in [0.2, 0.25) is 0 Å². The number of nitrogens with one attached hydrogen (secondary N) is 1. The number of aryl methyl sites for hydroxylation is 1. The van der Waals surface area contributed by atoms with Gasteiger partial charge in [-0.15, -0.1) is 24.8 Å². The van der Waals surface area contributed by atoms with Crippen molar-refractivity contribution in [1.29, 1.82) is 0 Å². The van der Waals surface area contributed by atoms with Crippen LogP contribution in [0.4, 0.5) is 17.1 Å². The predicted octanol–water partition coefficient (Wildman–Crippen LogP) is 5.87. The zero-order valence-electron chi connectivity index (χ0n) is 15.0. The molecule has 0 aliphatic rings. The van der Waals surface area contributed by atoms with E-state index in [9.17, 15) is 0 Å². The maximum Gasteiger partial charge on any atom is 0.144 e. The zero-order valence-corrected chi connectivity index (χ0v) is 16.7. The van der Waals surface area contributed by atoms with Crippen molar-refractivity contribution in [3.05, 3.63) is 66.2 Å². The minimum absolute atomic E-state index is 0. The molecule has 0 saturated heterocycles. The molecule has 1 heterocycles. The van der Waals surface area contributed by atoms with E-state index >= 15 is 0 Å². The number of benzene rings is 3. The van der Waals surface area contributed by atoms with Crippen molar-refractivity contribution in [2.45, 2.75) is 6.92 Å². The summed E-state index contributed by atoms with van der Waals surface area (Å²) in [4.78, 5) is 4.84. The fraction of sp³-hybridized carbons (Fsp3) is 0.0952. The lowest BCUT2D eigenvalue weighted by molar-refractivity contribution is 0.417. The molecule has 3 N–H and O–H groups in total. The summed E-state index contributed by atoms with van der Waals surface area (Å²) in [5.74, 6) is 0.710. The van der Waals surface area contributed by atoms with Gasteiger partial charge in [0.1, 0.15) is 5.75 Å². The summed E-state index contributed by atoms with van der Waals surface area (Å²) < 4.78 is 5.49. The third-order valence-electron chi connectivity index (χ3n) is 4.40. The van der Waals surface area contributed by atoms with Gasteiger partial charge in [-0.1, -0.05) is 36.4 Å². The number of nitrogen functional groups attached to an aromatic ring is 1. The number of hydrogen-bond donors (Lipinski definition) is 2. The molecule has 0 radical (unpaired) electrons. The molecular formula is C21H21Cl2N3O. The van der Waals surface area contributed by atoms with E-state index in [1.165, 1.54) is 0 Å². The molecule has 0 atom stereocenters. The second-order valence-electron chi connectivity index (χ2n) is 6.06. The molecule has 0 aliphatic heterocycles. The molecule has 0 saturated carbocycles. The summed E-state index contributed by atoms with van der Waals surface area (Å²) in [5.41, 5.74) is 11.5. The van der Waals surface area contributed by atoms with Crippen LogP contribution in [-0.4, -0.2) is 12.1 Å². The molecule has 27 heavy (non-hydrogen) atoms. The SMILES string of the molecule is COc1cc(N)ccc1Nc1c2ccccc2nc2c(C)cccc12.Cl.Cl. The molecule has 4 nitrogen and oxygen atoms in total. The lowest BCUT2D eigenvalue weighted by Gasteiger charge is -2.16. The zero-order chi connectivity index (χ0) is 17.4. The first kappa shape index (κ1) is 20.6. The van der Waals surface area contributed by atoms with E-state index in [4.69, 9.17) is 15.5 Å². The van der Waals surface area contributed by atoms with Gasteiger partial charge in [0.15, 0.2) is 0 Å². The van der Waals surface area contributed by atoms with Gasteiger partial charge in [-0.05, 0) is 30.7 Å². The second kappa shape index (κ2) is 8.33. The number of anilines is 3. The Labute approximate surface area is 170 Å².